The topological polar surface area (TPSA) is 52.1 Å². The number of fused-ring (bicyclic) bond motifs is 1. The Morgan fingerprint density at radius 1 is 1.19 bits per heavy atom. The van der Waals surface area contributed by atoms with E-state index in [0.717, 1.165) is 58.4 Å². The first-order valence-corrected chi connectivity index (χ1v) is 9.91. The molecule has 0 spiro atoms. The molecule has 2 aliphatic rings. The van der Waals surface area contributed by atoms with Crippen LogP contribution in [0.3, 0.4) is 0 Å². The van der Waals surface area contributed by atoms with Gasteiger partial charge in [0.05, 0.1) is 19.8 Å². The van der Waals surface area contributed by atoms with Crippen LogP contribution in [0.2, 0.25) is 0 Å². The molecule has 1 saturated heterocycles. The SMILES string of the molecule is CCNC(=NCc1ccc2c(c1)CCCN2C)NCCN1CCOCC1.I. The van der Waals surface area contributed by atoms with Crippen LogP contribution in [-0.2, 0) is 17.7 Å². The highest BCUT2D eigenvalue weighted by Gasteiger charge is 2.13. The maximum absolute atomic E-state index is 5.40. The van der Waals surface area contributed by atoms with E-state index in [4.69, 9.17) is 9.73 Å². The van der Waals surface area contributed by atoms with Gasteiger partial charge in [-0.3, -0.25) is 4.90 Å². The van der Waals surface area contributed by atoms with Crippen molar-refractivity contribution in [2.24, 2.45) is 4.99 Å². The van der Waals surface area contributed by atoms with Crippen LogP contribution in [0.1, 0.15) is 24.5 Å². The van der Waals surface area contributed by atoms with Gasteiger partial charge in [0.1, 0.15) is 0 Å². The summed E-state index contributed by atoms with van der Waals surface area (Å²) in [6.45, 7) is 10.5. The first-order valence-electron chi connectivity index (χ1n) is 9.91. The summed E-state index contributed by atoms with van der Waals surface area (Å²) in [5.74, 6) is 0.899. The maximum atomic E-state index is 5.40. The fourth-order valence-corrected chi connectivity index (χ4v) is 3.61. The Labute approximate surface area is 180 Å². The highest BCUT2D eigenvalue weighted by Crippen LogP contribution is 2.26. The van der Waals surface area contributed by atoms with Crippen molar-refractivity contribution in [3.8, 4) is 0 Å². The van der Waals surface area contributed by atoms with Crippen molar-refractivity contribution < 1.29 is 4.74 Å². The number of hydrogen-bond acceptors (Lipinski definition) is 4. The summed E-state index contributed by atoms with van der Waals surface area (Å²) in [4.78, 5) is 9.55. The Balaban J connectivity index is 0.00000261. The largest absolute Gasteiger partial charge is 0.379 e. The molecule has 3 rings (SSSR count). The third-order valence-electron chi connectivity index (χ3n) is 5.08. The summed E-state index contributed by atoms with van der Waals surface area (Å²) in [5.41, 5.74) is 4.11. The van der Waals surface area contributed by atoms with Gasteiger partial charge in [0.2, 0.25) is 0 Å². The van der Waals surface area contributed by atoms with Crippen LogP contribution in [0.5, 0.6) is 0 Å². The minimum absolute atomic E-state index is 0. The summed E-state index contributed by atoms with van der Waals surface area (Å²) in [5, 5.41) is 6.80. The standard InChI is InChI=1S/C20H33N5O.HI/c1-3-21-20(22-8-10-25-11-13-26-14-12-25)23-16-17-6-7-19-18(15-17)5-4-9-24(19)2;/h6-7,15H,3-5,8-14,16H2,1-2H3,(H2,21,22,23);1H. The van der Waals surface area contributed by atoms with Crippen molar-refractivity contribution in [1.82, 2.24) is 15.5 Å². The zero-order chi connectivity index (χ0) is 18.2. The van der Waals surface area contributed by atoms with E-state index in [-0.39, 0.29) is 24.0 Å². The van der Waals surface area contributed by atoms with Crippen molar-refractivity contribution in [3.63, 3.8) is 0 Å². The monoisotopic (exact) mass is 487 g/mol. The van der Waals surface area contributed by atoms with Crippen molar-refractivity contribution in [3.05, 3.63) is 29.3 Å². The lowest BCUT2D eigenvalue weighted by molar-refractivity contribution is 0.0389. The van der Waals surface area contributed by atoms with E-state index in [1.165, 1.54) is 29.7 Å². The minimum Gasteiger partial charge on any atom is -0.379 e. The molecule has 152 valence electrons. The van der Waals surface area contributed by atoms with Gasteiger partial charge < -0.3 is 20.3 Å². The number of hydrogen-bond donors (Lipinski definition) is 2. The third kappa shape index (κ3) is 6.80. The van der Waals surface area contributed by atoms with Crippen molar-refractivity contribution in [2.45, 2.75) is 26.3 Å². The summed E-state index contributed by atoms with van der Waals surface area (Å²) in [6.07, 6.45) is 2.41. The normalized spacial score (nSPS) is 17.9. The molecule has 0 aromatic heterocycles. The molecule has 0 unspecified atom stereocenters. The number of benzene rings is 1. The molecular weight excluding hydrogens is 453 g/mol. The number of aryl methyl sites for hydroxylation is 1. The number of guanidine groups is 1. The third-order valence-corrected chi connectivity index (χ3v) is 5.08. The zero-order valence-corrected chi connectivity index (χ0v) is 19.0. The Hall–Kier alpha value is -1.06. The number of halogens is 1. The summed E-state index contributed by atoms with van der Waals surface area (Å²) in [7, 11) is 2.18. The average molecular weight is 487 g/mol. The van der Waals surface area contributed by atoms with E-state index < -0.39 is 0 Å². The summed E-state index contributed by atoms with van der Waals surface area (Å²) >= 11 is 0. The number of ether oxygens (including phenoxy) is 1. The molecule has 6 nitrogen and oxygen atoms in total. The van der Waals surface area contributed by atoms with E-state index >= 15 is 0 Å². The Bertz CT molecular complexity index is 604. The average Bonchev–Trinajstić information content (AvgIpc) is 2.67. The number of rotatable bonds is 6. The highest BCUT2D eigenvalue weighted by atomic mass is 127. The van der Waals surface area contributed by atoms with Crippen LogP contribution in [0.15, 0.2) is 23.2 Å². The quantitative estimate of drug-likeness (QED) is 0.366. The molecule has 7 heteroatoms. The second-order valence-electron chi connectivity index (χ2n) is 7.06. The summed E-state index contributed by atoms with van der Waals surface area (Å²) in [6, 6.07) is 6.78. The van der Waals surface area contributed by atoms with Gasteiger partial charge in [-0.25, -0.2) is 4.99 Å². The fraction of sp³-hybridized carbons (Fsp3) is 0.650. The molecule has 27 heavy (non-hydrogen) atoms. The lowest BCUT2D eigenvalue weighted by atomic mass is 10.00. The van der Waals surface area contributed by atoms with Gasteiger partial charge >= 0.3 is 0 Å². The van der Waals surface area contributed by atoms with Crippen molar-refractivity contribution in [2.75, 3.05) is 64.4 Å². The second kappa shape index (κ2) is 11.7. The predicted molar refractivity (Wildman–Crippen MR) is 124 cm³/mol. The number of aliphatic imine (C=N–C) groups is 1. The van der Waals surface area contributed by atoms with E-state index in [2.05, 4.69) is 52.6 Å². The molecule has 1 aromatic rings. The van der Waals surface area contributed by atoms with Gasteiger partial charge in [0.25, 0.3) is 0 Å². The molecule has 2 N–H and O–H groups in total. The smallest absolute Gasteiger partial charge is 0.191 e. The molecule has 0 atom stereocenters. The van der Waals surface area contributed by atoms with Gasteiger partial charge in [-0.1, -0.05) is 12.1 Å². The van der Waals surface area contributed by atoms with Crippen molar-refractivity contribution >= 4 is 35.6 Å². The first-order chi connectivity index (χ1) is 12.8. The molecule has 2 heterocycles. The van der Waals surface area contributed by atoms with E-state index in [1.54, 1.807) is 0 Å². The molecule has 0 amide bonds. The zero-order valence-electron chi connectivity index (χ0n) is 16.7. The molecule has 2 aliphatic heterocycles. The Kier molecular flexibility index (Phi) is 9.64. The van der Waals surface area contributed by atoms with E-state index in [1.807, 2.05) is 0 Å². The molecule has 1 aromatic carbocycles. The molecule has 0 radical (unpaired) electrons. The van der Waals surface area contributed by atoms with Crippen LogP contribution >= 0.6 is 24.0 Å². The molecule has 0 bridgehead atoms. The first kappa shape index (κ1) is 22.2. The van der Waals surface area contributed by atoms with Crippen LogP contribution in [-0.4, -0.2) is 70.4 Å². The van der Waals surface area contributed by atoms with Crippen LogP contribution < -0.4 is 15.5 Å². The molecule has 0 aliphatic carbocycles. The maximum Gasteiger partial charge on any atom is 0.191 e. The number of morpholine rings is 1. The summed E-state index contributed by atoms with van der Waals surface area (Å²) < 4.78 is 5.40. The molecular formula is C20H34IN5O. The van der Waals surface area contributed by atoms with Gasteiger partial charge in [-0.05, 0) is 37.0 Å². The minimum atomic E-state index is 0. The van der Waals surface area contributed by atoms with E-state index in [9.17, 15) is 0 Å². The van der Waals surface area contributed by atoms with Crippen LogP contribution in [0, 0.1) is 0 Å². The lowest BCUT2D eigenvalue weighted by Crippen LogP contribution is -2.44. The Morgan fingerprint density at radius 3 is 2.78 bits per heavy atom. The lowest BCUT2D eigenvalue weighted by Gasteiger charge is -2.27. The van der Waals surface area contributed by atoms with Gasteiger partial charge in [0.15, 0.2) is 5.96 Å². The predicted octanol–water partition coefficient (Wildman–Crippen LogP) is 2.07. The van der Waals surface area contributed by atoms with Crippen LogP contribution in [0.4, 0.5) is 5.69 Å². The number of nitrogens with zero attached hydrogens (tertiary/aromatic N) is 3. The van der Waals surface area contributed by atoms with Crippen LogP contribution in [0.25, 0.3) is 0 Å². The fourth-order valence-electron chi connectivity index (χ4n) is 3.61. The highest BCUT2D eigenvalue weighted by molar-refractivity contribution is 14.0. The molecule has 0 saturated carbocycles. The molecule has 1 fully saturated rings. The number of nitrogens with one attached hydrogen (secondary N) is 2. The Morgan fingerprint density at radius 2 is 2.00 bits per heavy atom. The van der Waals surface area contributed by atoms with Gasteiger partial charge in [-0.15, -0.1) is 24.0 Å². The second-order valence-corrected chi connectivity index (χ2v) is 7.06. The van der Waals surface area contributed by atoms with Gasteiger partial charge in [0, 0.05) is 52.0 Å². The number of anilines is 1. The van der Waals surface area contributed by atoms with Crippen molar-refractivity contribution in [1.29, 1.82) is 0 Å². The van der Waals surface area contributed by atoms with Gasteiger partial charge in [-0.2, -0.15) is 0 Å². The van der Waals surface area contributed by atoms with E-state index in [0.29, 0.717) is 6.54 Å².